The van der Waals surface area contributed by atoms with Crippen LogP contribution in [0.4, 0.5) is 0 Å². The fraction of sp³-hybridized carbons (Fsp3) is 0.250. The molecule has 1 aromatic rings. The maximum absolute atomic E-state index is 10.9. The summed E-state index contributed by atoms with van der Waals surface area (Å²) in [6.45, 7) is 3.97. The zero-order valence-electron chi connectivity index (χ0n) is 8.47. The predicted octanol–water partition coefficient (Wildman–Crippen LogP) is -0.0980. The van der Waals surface area contributed by atoms with Gasteiger partial charge in [0.1, 0.15) is 11.0 Å². The Labute approximate surface area is 90.6 Å². The van der Waals surface area contributed by atoms with E-state index in [9.17, 15) is 8.42 Å². The molecule has 0 aliphatic rings. The number of nitrogens with two attached hydrogens (primary N) is 1. The lowest BCUT2D eigenvalue weighted by atomic mass is 10.7. The SMILES string of the molecule is C[SiH](C)OC#Cn1ccc(S(N)(=O)=O)c1. The van der Waals surface area contributed by atoms with Crippen molar-refractivity contribution in [1.29, 1.82) is 0 Å². The average molecular weight is 244 g/mol. The number of primary sulfonamides is 1. The van der Waals surface area contributed by atoms with Gasteiger partial charge >= 0.3 is 0 Å². The van der Waals surface area contributed by atoms with Crippen LogP contribution in [0.15, 0.2) is 23.4 Å². The summed E-state index contributed by atoms with van der Waals surface area (Å²) in [5, 5.41) is 4.93. The zero-order valence-corrected chi connectivity index (χ0v) is 10.4. The lowest BCUT2D eigenvalue weighted by Gasteiger charge is -1.96. The third-order valence-corrected chi connectivity index (χ3v) is 2.95. The Morgan fingerprint density at radius 2 is 2.20 bits per heavy atom. The number of hydrogen-bond acceptors (Lipinski definition) is 3. The number of rotatable bonds is 2. The first-order chi connectivity index (χ1) is 6.89. The Hall–Kier alpha value is -1.23. The lowest BCUT2D eigenvalue weighted by molar-refractivity contribution is 0.541. The van der Waals surface area contributed by atoms with Crippen LogP contribution in [0.1, 0.15) is 0 Å². The van der Waals surface area contributed by atoms with Gasteiger partial charge in [-0.05, 0) is 19.2 Å². The van der Waals surface area contributed by atoms with Crippen molar-refractivity contribution >= 4 is 19.1 Å². The summed E-state index contributed by atoms with van der Waals surface area (Å²) in [6.07, 6.45) is 5.36. The molecule has 0 saturated carbocycles. The van der Waals surface area contributed by atoms with Crippen LogP contribution in [0, 0.1) is 12.2 Å². The summed E-state index contributed by atoms with van der Waals surface area (Å²) >= 11 is 0. The molecule has 0 unspecified atom stereocenters. The van der Waals surface area contributed by atoms with Crippen LogP contribution in [0.5, 0.6) is 0 Å². The van der Waals surface area contributed by atoms with E-state index in [1.54, 1.807) is 0 Å². The second kappa shape index (κ2) is 4.52. The molecule has 0 amide bonds. The van der Waals surface area contributed by atoms with Crippen molar-refractivity contribution in [2.75, 3.05) is 0 Å². The van der Waals surface area contributed by atoms with Gasteiger partial charge in [0.25, 0.3) is 0 Å². The molecular weight excluding hydrogens is 232 g/mol. The quantitative estimate of drug-likeness (QED) is 0.583. The van der Waals surface area contributed by atoms with Gasteiger partial charge in [-0.25, -0.2) is 13.6 Å². The van der Waals surface area contributed by atoms with E-state index in [0.717, 1.165) is 0 Å². The van der Waals surface area contributed by atoms with Gasteiger partial charge in [0.05, 0.1) is 6.04 Å². The monoisotopic (exact) mass is 244 g/mol. The first-order valence-electron chi connectivity index (χ1n) is 4.27. The Morgan fingerprint density at radius 1 is 1.53 bits per heavy atom. The molecule has 0 saturated heterocycles. The fourth-order valence-corrected chi connectivity index (χ4v) is 1.61. The molecule has 0 aliphatic carbocycles. The summed E-state index contributed by atoms with van der Waals surface area (Å²) in [5.74, 6) is 0. The van der Waals surface area contributed by atoms with Crippen molar-refractivity contribution in [2.24, 2.45) is 5.14 Å². The summed E-state index contributed by atoms with van der Waals surface area (Å²) < 4.78 is 28.4. The number of hydrogen-bond donors (Lipinski definition) is 1. The average Bonchev–Trinajstić information content (AvgIpc) is 2.51. The van der Waals surface area contributed by atoms with Crippen LogP contribution < -0.4 is 5.14 Å². The van der Waals surface area contributed by atoms with Crippen molar-refractivity contribution in [1.82, 2.24) is 4.57 Å². The normalized spacial score (nSPS) is 10.9. The Kier molecular flexibility index (Phi) is 3.57. The first kappa shape index (κ1) is 11.8. The van der Waals surface area contributed by atoms with Gasteiger partial charge in [0.15, 0.2) is 0 Å². The van der Waals surface area contributed by atoms with E-state index < -0.39 is 19.1 Å². The lowest BCUT2D eigenvalue weighted by Crippen LogP contribution is -2.11. The molecule has 5 nitrogen and oxygen atoms in total. The highest BCUT2D eigenvalue weighted by Crippen LogP contribution is 2.05. The number of sulfonamides is 1. The van der Waals surface area contributed by atoms with Crippen LogP contribution in [-0.4, -0.2) is 22.0 Å². The van der Waals surface area contributed by atoms with Crippen molar-refractivity contribution in [2.45, 2.75) is 18.0 Å². The van der Waals surface area contributed by atoms with Gasteiger partial charge in [-0.1, -0.05) is 0 Å². The molecule has 0 aromatic carbocycles. The van der Waals surface area contributed by atoms with Crippen molar-refractivity contribution in [3.8, 4) is 12.2 Å². The Morgan fingerprint density at radius 3 is 2.67 bits per heavy atom. The van der Waals surface area contributed by atoms with E-state index in [1.807, 2.05) is 13.1 Å². The largest absolute Gasteiger partial charge is 0.504 e. The second-order valence-corrected chi connectivity index (χ2v) is 7.07. The molecule has 1 aromatic heterocycles. The van der Waals surface area contributed by atoms with E-state index in [2.05, 4.69) is 12.2 Å². The van der Waals surface area contributed by atoms with E-state index in [4.69, 9.17) is 9.56 Å². The molecule has 0 fully saturated rings. The van der Waals surface area contributed by atoms with Crippen LogP contribution in [0.25, 0.3) is 0 Å². The highest BCUT2D eigenvalue weighted by Gasteiger charge is 2.08. The summed E-state index contributed by atoms with van der Waals surface area (Å²) in [6, 6.07) is 4.01. The van der Waals surface area contributed by atoms with Crippen LogP contribution in [0.2, 0.25) is 13.1 Å². The molecular formula is C8H12N2O3SSi. The molecule has 15 heavy (non-hydrogen) atoms. The maximum Gasteiger partial charge on any atom is 0.244 e. The first-order valence-corrected chi connectivity index (χ1v) is 8.60. The van der Waals surface area contributed by atoms with Crippen molar-refractivity contribution in [3.05, 3.63) is 18.5 Å². The van der Waals surface area contributed by atoms with E-state index >= 15 is 0 Å². The minimum Gasteiger partial charge on any atom is -0.504 e. The summed E-state index contributed by atoms with van der Waals surface area (Å²) in [5.41, 5.74) is 0. The number of aromatic nitrogens is 1. The predicted molar refractivity (Wildman–Crippen MR) is 58.9 cm³/mol. The number of nitrogens with zero attached hydrogens (tertiary/aromatic N) is 1. The standard InChI is InChI=1S/C8H12N2O3SSi/c1-15(2)13-6-5-10-4-3-8(7-10)14(9,11)12/h3-4,7,15H,1-2H3,(H2,9,11,12). The highest BCUT2D eigenvalue weighted by molar-refractivity contribution is 7.89. The zero-order chi connectivity index (χ0) is 11.5. The molecule has 0 atom stereocenters. The van der Waals surface area contributed by atoms with Gasteiger partial charge in [0.2, 0.25) is 19.1 Å². The van der Waals surface area contributed by atoms with Crippen LogP contribution >= 0.6 is 0 Å². The van der Waals surface area contributed by atoms with Crippen molar-refractivity contribution < 1.29 is 12.8 Å². The molecule has 1 heterocycles. The van der Waals surface area contributed by atoms with E-state index in [0.29, 0.717) is 0 Å². The molecule has 2 N–H and O–H groups in total. The van der Waals surface area contributed by atoms with Gasteiger partial charge in [0, 0.05) is 12.4 Å². The maximum atomic E-state index is 10.9. The Bertz CT molecular complexity index is 495. The molecule has 0 aliphatic heterocycles. The molecule has 82 valence electrons. The molecule has 1 rings (SSSR count). The van der Waals surface area contributed by atoms with E-state index in [-0.39, 0.29) is 4.90 Å². The molecule has 0 radical (unpaired) electrons. The van der Waals surface area contributed by atoms with E-state index in [1.165, 1.54) is 23.0 Å². The van der Waals surface area contributed by atoms with Gasteiger partial charge in [-0.3, -0.25) is 4.57 Å². The Balaban J connectivity index is 2.81. The van der Waals surface area contributed by atoms with Gasteiger partial charge in [-0.15, -0.1) is 0 Å². The van der Waals surface area contributed by atoms with Crippen LogP contribution in [0.3, 0.4) is 0 Å². The summed E-state index contributed by atoms with van der Waals surface area (Å²) in [4.78, 5) is 0.0404. The smallest absolute Gasteiger partial charge is 0.244 e. The molecule has 0 bridgehead atoms. The minimum atomic E-state index is -3.64. The fourth-order valence-electron chi connectivity index (χ4n) is 0.812. The topological polar surface area (TPSA) is 74.3 Å². The minimum absolute atomic E-state index is 0.0404. The summed E-state index contributed by atoms with van der Waals surface area (Å²) in [7, 11) is -4.81. The van der Waals surface area contributed by atoms with Crippen molar-refractivity contribution in [3.63, 3.8) is 0 Å². The third-order valence-electron chi connectivity index (χ3n) is 1.46. The van der Waals surface area contributed by atoms with Gasteiger partial charge < -0.3 is 4.43 Å². The molecule has 7 heteroatoms. The highest BCUT2D eigenvalue weighted by atomic mass is 32.2. The third kappa shape index (κ3) is 3.79. The van der Waals surface area contributed by atoms with Gasteiger partial charge in [-0.2, -0.15) is 0 Å². The van der Waals surface area contributed by atoms with Crippen LogP contribution in [-0.2, 0) is 14.4 Å². The molecule has 0 spiro atoms. The second-order valence-electron chi connectivity index (χ2n) is 3.18.